The molecule has 4 rings (SSSR count). The lowest BCUT2D eigenvalue weighted by Crippen LogP contribution is -2.20. The van der Waals surface area contributed by atoms with Crippen molar-refractivity contribution in [3.05, 3.63) is 47.7 Å². The van der Waals surface area contributed by atoms with Gasteiger partial charge in [0.1, 0.15) is 12.4 Å². The Morgan fingerprint density at radius 2 is 2.06 bits per heavy atom. The van der Waals surface area contributed by atoms with Crippen LogP contribution in [0.2, 0.25) is 0 Å². The van der Waals surface area contributed by atoms with Gasteiger partial charge in [-0.2, -0.15) is 15.0 Å². The van der Waals surface area contributed by atoms with Crippen molar-refractivity contribution in [1.82, 2.24) is 29.7 Å². The van der Waals surface area contributed by atoms with Crippen molar-refractivity contribution in [3.63, 3.8) is 0 Å². The van der Waals surface area contributed by atoms with Crippen molar-refractivity contribution in [3.8, 4) is 23.7 Å². The molecule has 1 aromatic carbocycles. The summed E-state index contributed by atoms with van der Waals surface area (Å²) >= 11 is 0. The predicted molar refractivity (Wildman–Crippen MR) is 114 cm³/mol. The van der Waals surface area contributed by atoms with E-state index in [0.717, 1.165) is 0 Å². The van der Waals surface area contributed by atoms with Gasteiger partial charge in [-0.25, -0.2) is 9.55 Å². The lowest BCUT2D eigenvalue weighted by atomic mass is 10.1. The van der Waals surface area contributed by atoms with Crippen molar-refractivity contribution in [2.45, 2.75) is 19.4 Å². The molecule has 0 bridgehead atoms. The maximum absolute atomic E-state index is 10.6. The fourth-order valence-electron chi connectivity index (χ4n) is 2.90. The number of rotatable bonds is 6. The van der Waals surface area contributed by atoms with Gasteiger partial charge in [0, 0.05) is 31.9 Å². The van der Waals surface area contributed by atoms with Crippen LogP contribution in [0.25, 0.3) is 16.9 Å². The lowest BCUT2D eigenvalue weighted by Gasteiger charge is -2.10. The van der Waals surface area contributed by atoms with Gasteiger partial charge in [-0.3, -0.25) is 0 Å². The minimum atomic E-state index is -1.58. The maximum Gasteiger partial charge on any atom is 0.303 e. The molecular formula is C21H21N7O4. The molecule has 0 fully saturated rings. The molecule has 0 radical (unpaired) electrons. The summed E-state index contributed by atoms with van der Waals surface area (Å²) in [7, 11) is 1.59. The Morgan fingerprint density at radius 3 is 2.78 bits per heavy atom. The number of ether oxygens (including phenoxy) is 2. The van der Waals surface area contributed by atoms with Gasteiger partial charge in [0.15, 0.2) is 5.60 Å². The molecule has 32 heavy (non-hydrogen) atoms. The molecule has 11 heteroatoms. The van der Waals surface area contributed by atoms with Crippen molar-refractivity contribution < 1.29 is 19.1 Å². The number of fused-ring (bicyclic) bond motifs is 1. The van der Waals surface area contributed by atoms with Gasteiger partial charge in [-0.05, 0) is 25.1 Å². The number of aromatic nitrogens is 6. The second-order valence-corrected chi connectivity index (χ2v) is 7.01. The molecule has 0 saturated heterocycles. The van der Waals surface area contributed by atoms with Gasteiger partial charge < -0.3 is 24.8 Å². The zero-order valence-electron chi connectivity index (χ0n) is 17.7. The quantitative estimate of drug-likeness (QED) is 0.336. The van der Waals surface area contributed by atoms with Crippen molar-refractivity contribution in [2.24, 2.45) is 0 Å². The summed E-state index contributed by atoms with van der Waals surface area (Å²) in [5, 5.41) is 14.4. The Morgan fingerprint density at radius 1 is 1.22 bits per heavy atom. The second-order valence-electron chi connectivity index (χ2n) is 7.01. The Bertz CT molecular complexity index is 1320. The monoisotopic (exact) mass is 435 g/mol. The van der Waals surface area contributed by atoms with Crippen molar-refractivity contribution in [2.75, 3.05) is 26.1 Å². The molecule has 0 aliphatic rings. The minimum absolute atomic E-state index is 0.0962. The second kappa shape index (κ2) is 8.62. The summed E-state index contributed by atoms with van der Waals surface area (Å²) in [6, 6.07) is 7.43. The predicted octanol–water partition coefficient (Wildman–Crippen LogP) is 1.37. The summed E-state index contributed by atoms with van der Waals surface area (Å²) in [5.74, 6) is 6.79. The normalized spacial score (nSPS) is 12.9. The summed E-state index contributed by atoms with van der Waals surface area (Å²) in [6.45, 7) is 3.84. The number of methoxy groups -OCH3 is 1. The molecule has 0 amide bonds. The van der Waals surface area contributed by atoms with Crippen LogP contribution >= 0.6 is 0 Å². The molecular weight excluding hydrogens is 414 g/mol. The third-order valence-corrected chi connectivity index (χ3v) is 4.44. The molecule has 164 valence electrons. The Kier molecular flexibility index (Phi) is 5.72. The lowest BCUT2D eigenvalue weighted by molar-refractivity contribution is 0.108. The van der Waals surface area contributed by atoms with Crippen molar-refractivity contribution >= 4 is 17.0 Å². The van der Waals surface area contributed by atoms with Crippen LogP contribution in [0.15, 0.2) is 35.0 Å². The summed E-state index contributed by atoms with van der Waals surface area (Å²) in [4.78, 5) is 16.8. The summed E-state index contributed by atoms with van der Waals surface area (Å²) in [5.41, 5.74) is 6.18. The number of nitrogen functional groups attached to an aromatic ring is 1. The number of imidazole rings is 1. The van der Waals surface area contributed by atoms with E-state index < -0.39 is 5.60 Å². The molecule has 3 heterocycles. The first-order chi connectivity index (χ1) is 15.4. The van der Waals surface area contributed by atoms with E-state index in [9.17, 15) is 5.11 Å². The van der Waals surface area contributed by atoms with Gasteiger partial charge >= 0.3 is 6.01 Å². The van der Waals surface area contributed by atoms with Crippen LogP contribution in [0.5, 0.6) is 6.01 Å². The van der Waals surface area contributed by atoms with Crippen LogP contribution in [-0.4, -0.2) is 55.1 Å². The van der Waals surface area contributed by atoms with Crippen LogP contribution in [0.3, 0.4) is 0 Å². The molecule has 3 N–H and O–H groups in total. The average molecular weight is 435 g/mol. The first-order valence-corrected chi connectivity index (χ1v) is 9.67. The topological polar surface area (TPSA) is 147 Å². The van der Waals surface area contributed by atoms with E-state index >= 15 is 0 Å². The van der Waals surface area contributed by atoms with Crippen LogP contribution in [0, 0.1) is 18.8 Å². The molecule has 0 spiro atoms. The van der Waals surface area contributed by atoms with E-state index in [1.165, 1.54) is 6.92 Å². The van der Waals surface area contributed by atoms with E-state index in [1.807, 2.05) is 6.07 Å². The molecule has 0 aliphatic heterocycles. The number of hydrogen-bond donors (Lipinski definition) is 2. The summed E-state index contributed by atoms with van der Waals surface area (Å²) < 4.78 is 17.5. The first-order valence-electron chi connectivity index (χ1n) is 9.67. The number of anilines is 1. The SMILES string of the molecule is COCCOc1nc2ccc(C#C[C@@](C)(O)c3noc(C)n3)cc2n1-c1ccnc(N)n1. The van der Waals surface area contributed by atoms with Gasteiger partial charge in [0.25, 0.3) is 0 Å². The van der Waals surface area contributed by atoms with E-state index in [2.05, 4.69) is 36.9 Å². The van der Waals surface area contributed by atoms with Crippen LogP contribution in [0.4, 0.5) is 5.95 Å². The highest BCUT2D eigenvalue weighted by Gasteiger charge is 2.26. The maximum atomic E-state index is 10.6. The average Bonchev–Trinajstić information content (AvgIpc) is 3.36. The van der Waals surface area contributed by atoms with Crippen LogP contribution in [0.1, 0.15) is 24.2 Å². The zero-order valence-corrected chi connectivity index (χ0v) is 17.7. The molecule has 1 atom stereocenters. The zero-order chi connectivity index (χ0) is 22.7. The largest absolute Gasteiger partial charge is 0.462 e. The standard InChI is InChI=1S/C21H21N7O4/c1-13-24-18(27-32-13)21(2,29)8-6-14-4-5-15-16(12-14)28(17-7-9-23-19(22)26-17)20(25-15)31-11-10-30-3/h4-5,7,9,12,29H,10-11H2,1-3H3,(H2,22,23,26)/t21-/m1/s1. The van der Waals surface area contributed by atoms with Crippen LogP contribution < -0.4 is 10.5 Å². The number of benzene rings is 1. The Labute approximate surface area is 183 Å². The highest BCUT2D eigenvalue weighted by Crippen LogP contribution is 2.26. The highest BCUT2D eigenvalue weighted by molar-refractivity contribution is 5.80. The number of aryl methyl sites for hydroxylation is 1. The van der Waals surface area contributed by atoms with Gasteiger partial charge in [0.05, 0.1) is 17.6 Å². The molecule has 0 aliphatic carbocycles. The van der Waals surface area contributed by atoms with Gasteiger partial charge in [-0.1, -0.05) is 17.0 Å². The molecule has 3 aromatic heterocycles. The highest BCUT2D eigenvalue weighted by atomic mass is 16.5. The molecule has 4 aromatic rings. The van der Waals surface area contributed by atoms with E-state index in [4.69, 9.17) is 19.7 Å². The number of nitrogens with zero attached hydrogens (tertiary/aromatic N) is 6. The fraction of sp³-hybridized carbons (Fsp3) is 0.286. The summed E-state index contributed by atoms with van der Waals surface area (Å²) in [6.07, 6.45) is 1.55. The number of hydrogen-bond acceptors (Lipinski definition) is 10. The fourth-order valence-corrected chi connectivity index (χ4v) is 2.90. The number of nitrogens with two attached hydrogens (primary N) is 1. The third kappa shape index (κ3) is 4.36. The Balaban J connectivity index is 1.77. The number of aliphatic hydroxyl groups is 1. The van der Waals surface area contributed by atoms with Gasteiger partial charge in [-0.15, -0.1) is 0 Å². The molecule has 0 saturated carbocycles. The first kappa shape index (κ1) is 21.2. The smallest absolute Gasteiger partial charge is 0.303 e. The van der Waals surface area contributed by atoms with E-state index in [1.54, 1.807) is 43.0 Å². The van der Waals surface area contributed by atoms with Crippen LogP contribution in [-0.2, 0) is 10.3 Å². The van der Waals surface area contributed by atoms with Crippen molar-refractivity contribution in [1.29, 1.82) is 0 Å². The minimum Gasteiger partial charge on any atom is -0.462 e. The van der Waals surface area contributed by atoms with E-state index in [0.29, 0.717) is 47.5 Å². The third-order valence-electron chi connectivity index (χ3n) is 4.44. The van der Waals surface area contributed by atoms with E-state index in [-0.39, 0.29) is 11.8 Å². The Hall–Kier alpha value is -4.01. The van der Waals surface area contributed by atoms with Gasteiger partial charge in [0.2, 0.25) is 17.7 Å². The molecule has 0 unspecified atom stereocenters. The molecule has 11 nitrogen and oxygen atoms in total.